The molecule has 0 aromatic heterocycles. The second kappa shape index (κ2) is 9.93. The van der Waals surface area contributed by atoms with Crippen LogP contribution in [0, 0.1) is 5.92 Å². The molecule has 0 saturated heterocycles. The van der Waals surface area contributed by atoms with Crippen molar-refractivity contribution in [2.75, 3.05) is 19.7 Å². The lowest BCUT2D eigenvalue weighted by molar-refractivity contribution is -0.137. The molecule has 4 nitrogen and oxygen atoms in total. The average Bonchev–Trinajstić information content (AvgIpc) is 2.21. The van der Waals surface area contributed by atoms with Gasteiger partial charge in [0.25, 0.3) is 0 Å². The predicted molar refractivity (Wildman–Crippen MR) is 59.8 cm³/mol. The van der Waals surface area contributed by atoms with E-state index in [4.69, 9.17) is 10.2 Å². The third kappa shape index (κ3) is 9.69. The van der Waals surface area contributed by atoms with Crippen LogP contribution in [0.25, 0.3) is 0 Å². The molecular weight excluding hydrogens is 194 g/mol. The van der Waals surface area contributed by atoms with Gasteiger partial charge in [-0.25, -0.2) is 0 Å². The largest absolute Gasteiger partial charge is 0.481 e. The molecule has 0 heterocycles. The monoisotopic (exact) mass is 217 g/mol. The molecule has 90 valence electrons. The number of carboxylic acid groups (broad SMARTS) is 1. The molecule has 1 atom stereocenters. The summed E-state index contributed by atoms with van der Waals surface area (Å²) in [5.41, 5.74) is 0. The van der Waals surface area contributed by atoms with Crippen molar-refractivity contribution in [1.29, 1.82) is 0 Å². The number of carbonyl (C=O) groups is 1. The van der Waals surface area contributed by atoms with Gasteiger partial charge >= 0.3 is 5.97 Å². The summed E-state index contributed by atoms with van der Waals surface area (Å²) in [6.45, 7) is 4.16. The maximum Gasteiger partial charge on any atom is 0.303 e. The summed E-state index contributed by atoms with van der Waals surface area (Å²) < 4.78 is 0. The van der Waals surface area contributed by atoms with Crippen LogP contribution in [0.4, 0.5) is 0 Å². The zero-order valence-corrected chi connectivity index (χ0v) is 9.54. The molecule has 3 N–H and O–H groups in total. The molecule has 0 aromatic carbocycles. The number of aliphatic hydroxyl groups is 1. The van der Waals surface area contributed by atoms with Crippen molar-refractivity contribution < 1.29 is 15.0 Å². The van der Waals surface area contributed by atoms with Crippen LogP contribution in [-0.4, -0.2) is 35.9 Å². The van der Waals surface area contributed by atoms with E-state index in [9.17, 15) is 4.79 Å². The van der Waals surface area contributed by atoms with Gasteiger partial charge in [0.15, 0.2) is 0 Å². The maximum absolute atomic E-state index is 10.2. The number of aliphatic hydroxyl groups excluding tert-OH is 1. The first-order chi connectivity index (χ1) is 7.20. The molecule has 0 rings (SSSR count). The highest BCUT2D eigenvalue weighted by molar-refractivity contribution is 5.66. The van der Waals surface area contributed by atoms with Gasteiger partial charge in [-0.2, -0.15) is 0 Å². The summed E-state index contributed by atoms with van der Waals surface area (Å²) in [5, 5.41) is 20.5. The van der Waals surface area contributed by atoms with E-state index in [1.54, 1.807) is 0 Å². The van der Waals surface area contributed by atoms with E-state index in [1.807, 2.05) is 0 Å². The Hall–Kier alpha value is -0.610. The Morgan fingerprint density at radius 2 is 2.13 bits per heavy atom. The minimum absolute atomic E-state index is 0.249. The van der Waals surface area contributed by atoms with Crippen molar-refractivity contribution in [2.45, 2.75) is 39.0 Å². The minimum Gasteiger partial charge on any atom is -0.481 e. The van der Waals surface area contributed by atoms with Crippen molar-refractivity contribution in [1.82, 2.24) is 5.32 Å². The molecular formula is C11H23NO3. The number of hydrogen-bond donors (Lipinski definition) is 3. The lowest BCUT2D eigenvalue weighted by atomic mass is 10.0. The van der Waals surface area contributed by atoms with Gasteiger partial charge in [0.05, 0.1) is 0 Å². The summed E-state index contributed by atoms with van der Waals surface area (Å²) in [6, 6.07) is 0. The van der Waals surface area contributed by atoms with Crippen LogP contribution in [0.1, 0.15) is 39.0 Å². The maximum atomic E-state index is 10.2. The Morgan fingerprint density at radius 1 is 1.40 bits per heavy atom. The highest BCUT2D eigenvalue weighted by Gasteiger charge is 2.04. The second-order valence-electron chi connectivity index (χ2n) is 3.84. The van der Waals surface area contributed by atoms with E-state index in [-0.39, 0.29) is 13.0 Å². The van der Waals surface area contributed by atoms with Crippen molar-refractivity contribution >= 4 is 5.97 Å². The molecule has 0 aliphatic heterocycles. The fourth-order valence-electron chi connectivity index (χ4n) is 1.47. The smallest absolute Gasteiger partial charge is 0.303 e. The molecule has 15 heavy (non-hydrogen) atoms. The summed E-state index contributed by atoms with van der Waals surface area (Å²) in [6.07, 6.45) is 3.82. The molecule has 0 radical (unpaired) electrons. The van der Waals surface area contributed by atoms with E-state index >= 15 is 0 Å². The van der Waals surface area contributed by atoms with Crippen LogP contribution < -0.4 is 5.32 Å². The van der Waals surface area contributed by atoms with Crippen LogP contribution in [-0.2, 0) is 4.79 Å². The highest BCUT2D eigenvalue weighted by Crippen LogP contribution is 2.05. The molecule has 0 fully saturated rings. The van der Waals surface area contributed by atoms with Gasteiger partial charge in [0.1, 0.15) is 0 Å². The Labute approximate surface area is 91.7 Å². The summed E-state index contributed by atoms with van der Waals surface area (Å²) in [7, 11) is 0. The molecule has 0 aliphatic rings. The lowest BCUT2D eigenvalue weighted by Crippen LogP contribution is -2.24. The van der Waals surface area contributed by atoms with Crippen LogP contribution in [0.3, 0.4) is 0 Å². The Bertz CT molecular complexity index is 162. The van der Waals surface area contributed by atoms with Gasteiger partial charge in [0.2, 0.25) is 0 Å². The topological polar surface area (TPSA) is 69.6 Å². The van der Waals surface area contributed by atoms with E-state index in [0.29, 0.717) is 5.92 Å². The number of rotatable bonds is 10. The van der Waals surface area contributed by atoms with Crippen molar-refractivity contribution in [2.24, 2.45) is 5.92 Å². The normalized spacial score (nSPS) is 12.7. The van der Waals surface area contributed by atoms with E-state index in [2.05, 4.69) is 12.2 Å². The summed E-state index contributed by atoms with van der Waals surface area (Å²) >= 11 is 0. The fraction of sp³-hybridized carbons (Fsp3) is 0.909. The zero-order chi connectivity index (χ0) is 11.5. The van der Waals surface area contributed by atoms with Crippen LogP contribution >= 0.6 is 0 Å². The molecule has 0 saturated carbocycles. The first kappa shape index (κ1) is 14.4. The molecule has 0 aliphatic carbocycles. The SMILES string of the molecule is CCC(CCO)CNCCCCC(=O)O. The van der Waals surface area contributed by atoms with Crippen LogP contribution in [0.5, 0.6) is 0 Å². The highest BCUT2D eigenvalue weighted by atomic mass is 16.4. The number of carboxylic acids is 1. The first-order valence-electron chi connectivity index (χ1n) is 5.74. The standard InChI is InChI=1S/C11H23NO3/c1-2-10(6-8-13)9-12-7-4-3-5-11(14)15/h10,12-13H,2-9H2,1H3,(H,14,15). The molecule has 4 heteroatoms. The van der Waals surface area contributed by atoms with Gasteiger partial charge in [0, 0.05) is 13.0 Å². The van der Waals surface area contributed by atoms with Crippen LogP contribution in [0.2, 0.25) is 0 Å². The second-order valence-corrected chi connectivity index (χ2v) is 3.84. The van der Waals surface area contributed by atoms with Gasteiger partial charge in [-0.3, -0.25) is 4.79 Å². The summed E-state index contributed by atoms with van der Waals surface area (Å²) in [5.74, 6) is -0.184. The van der Waals surface area contributed by atoms with Crippen molar-refractivity contribution in [3.63, 3.8) is 0 Å². The number of hydrogen-bond acceptors (Lipinski definition) is 3. The van der Waals surface area contributed by atoms with Gasteiger partial charge in [-0.05, 0) is 38.3 Å². The number of aliphatic carboxylic acids is 1. The van der Waals surface area contributed by atoms with Crippen molar-refractivity contribution in [3.8, 4) is 0 Å². The van der Waals surface area contributed by atoms with Crippen LogP contribution in [0.15, 0.2) is 0 Å². The average molecular weight is 217 g/mol. The number of unbranched alkanes of at least 4 members (excludes halogenated alkanes) is 1. The minimum atomic E-state index is -0.721. The van der Waals surface area contributed by atoms with E-state index < -0.39 is 5.97 Å². The molecule has 0 amide bonds. The van der Waals surface area contributed by atoms with Crippen molar-refractivity contribution in [3.05, 3.63) is 0 Å². The third-order valence-corrected chi connectivity index (χ3v) is 2.54. The van der Waals surface area contributed by atoms with Gasteiger partial charge in [-0.1, -0.05) is 13.3 Å². The first-order valence-corrected chi connectivity index (χ1v) is 5.74. The Morgan fingerprint density at radius 3 is 2.67 bits per heavy atom. The predicted octanol–water partition coefficient (Wildman–Crippen LogP) is 1.24. The Balaban J connectivity index is 3.24. The van der Waals surface area contributed by atoms with E-state index in [0.717, 1.165) is 38.8 Å². The molecule has 0 spiro atoms. The molecule has 1 unspecified atom stereocenters. The fourth-order valence-corrected chi connectivity index (χ4v) is 1.47. The third-order valence-electron chi connectivity index (χ3n) is 2.54. The zero-order valence-electron chi connectivity index (χ0n) is 9.54. The summed E-state index contributed by atoms with van der Waals surface area (Å²) in [4.78, 5) is 10.2. The number of nitrogens with one attached hydrogen (secondary N) is 1. The molecule has 0 aromatic rings. The lowest BCUT2D eigenvalue weighted by Gasteiger charge is -2.13. The van der Waals surface area contributed by atoms with Gasteiger partial charge in [-0.15, -0.1) is 0 Å². The molecule has 0 bridgehead atoms. The Kier molecular flexibility index (Phi) is 9.52. The van der Waals surface area contributed by atoms with Gasteiger partial charge < -0.3 is 15.5 Å². The quantitative estimate of drug-likeness (QED) is 0.481. The van der Waals surface area contributed by atoms with E-state index in [1.165, 1.54) is 0 Å².